The molecule has 0 atom stereocenters. The van der Waals surface area contributed by atoms with Gasteiger partial charge in [-0.1, -0.05) is 41.4 Å². The average Bonchev–Trinajstić information content (AvgIpc) is 2.59. The van der Waals surface area contributed by atoms with Crippen LogP contribution in [0.5, 0.6) is 0 Å². The van der Waals surface area contributed by atoms with Crippen molar-refractivity contribution >= 4 is 46.8 Å². The Hall–Kier alpha value is -2.81. The Bertz CT molecular complexity index is 873. The van der Waals surface area contributed by atoms with Gasteiger partial charge in [0.05, 0.1) is 11.3 Å². The topological polar surface area (TPSA) is 79.2 Å². The Morgan fingerprint density at radius 2 is 1.96 bits per heavy atom. The van der Waals surface area contributed by atoms with Gasteiger partial charge < -0.3 is 10.1 Å². The molecule has 0 aliphatic carbocycles. The molecule has 0 fully saturated rings. The third-order valence-corrected chi connectivity index (χ3v) is 3.61. The minimum absolute atomic E-state index is 0.252. The largest absolute Gasteiger partial charge is 0.452 e. The number of rotatable bonds is 5. The first kappa shape index (κ1) is 18.5. The van der Waals surface area contributed by atoms with E-state index in [0.717, 1.165) is 0 Å². The van der Waals surface area contributed by atoms with E-state index in [1.54, 1.807) is 24.3 Å². The minimum atomic E-state index is -0.693. The number of esters is 1. The van der Waals surface area contributed by atoms with E-state index in [1.807, 2.05) is 6.07 Å². The first-order valence-corrected chi connectivity index (χ1v) is 7.84. The second kappa shape index (κ2) is 8.88. The van der Waals surface area contributed by atoms with E-state index in [4.69, 9.17) is 33.2 Å². The summed E-state index contributed by atoms with van der Waals surface area (Å²) in [6, 6.07) is 13.4. The van der Waals surface area contributed by atoms with Crippen LogP contribution >= 0.6 is 23.2 Å². The van der Waals surface area contributed by atoms with E-state index in [2.05, 4.69) is 5.32 Å². The van der Waals surface area contributed by atoms with Gasteiger partial charge in [0.2, 0.25) is 0 Å². The predicted octanol–water partition coefficient (Wildman–Crippen LogP) is 4.06. The number of carbonyl (C=O) groups excluding carboxylic acids is 2. The van der Waals surface area contributed by atoms with Crippen LogP contribution in [0.1, 0.15) is 11.1 Å². The first-order chi connectivity index (χ1) is 12.0. The predicted molar refractivity (Wildman–Crippen MR) is 96.2 cm³/mol. The molecule has 0 spiro atoms. The number of nitrogens with one attached hydrogen (secondary N) is 1. The second-order valence-corrected chi connectivity index (χ2v) is 5.66. The summed E-state index contributed by atoms with van der Waals surface area (Å²) in [7, 11) is 0. The van der Waals surface area contributed by atoms with Gasteiger partial charge >= 0.3 is 5.97 Å². The average molecular weight is 375 g/mol. The molecule has 0 unspecified atom stereocenters. The zero-order valence-electron chi connectivity index (χ0n) is 12.8. The lowest BCUT2D eigenvalue weighted by Crippen LogP contribution is -2.20. The molecule has 25 heavy (non-hydrogen) atoms. The number of nitriles is 1. The molecule has 0 bridgehead atoms. The van der Waals surface area contributed by atoms with Gasteiger partial charge in [-0.3, -0.25) is 4.79 Å². The fourth-order valence-corrected chi connectivity index (χ4v) is 2.23. The van der Waals surface area contributed by atoms with E-state index in [-0.39, 0.29) is 11.3 Å². The van der Waals surface area contributed by atoms with Crippen LogP contribution in [0, 0.1) is 11.3 Å². The highest BCUT2D eigenvalue weighted by atomic mass is 35.5. The lowest BCUT2D eigenvalue weighted by molar-refractivity contribution is -0.142. The second-order valence-electron chi connectivity index (χ2n) is 4.81. The van der Waals surface area contributed by atoms with Crippen LogP contribution in [0.15, 0.2) is 48.5 Å². The highest BCUT2D eigenvalue weighted by Gasteiger charge is 2.09. The molecule has 0 saturated carbocycles. The molecular formula is C18H12Cl2N2O3. The molecule has 0 aromatic heterocycles. The summed E-state index contributed by atoms with van der Waals surface area (Å²) in [6.07, 6.45) is 2.67. The van der Waals surface area contributed by atoms with Crippen LogP contribution in [-0.4, -0.2) is 18.5 Å². The van der Waals surface area contributed by atoms with Crippen LogP contribution in [0.3, 0.4) is 0 Å². The van der Waals surface area contributed by atoms with Crippen LogP contribution in [-0.2, 0) is 14.3 Å². The minimum Gasteiger partial charge on any atom is -0.452 e. The molecule has 7 heteroatoms. The Morgan fingerprint density at radius 3 is 2.68 bits per heavy atom. The standard InChI is InChI=1S/C18H12Cl2N2O3/c19-14-7-5-13(10-21)16(9-14)22-17(23)11-25-18(24)8-6-12-3-1-2-4-15(12)20/h1-9H,11H2,(H,22,23)/b8-6+. The highest BCUT2D eigenvalue weighted by Crippen LogP contribution is 2.20. The Labute approximate surface area is 154 Å². The summed E-state index contributed by atoms with van der Waals surface area (Å²) >= 11 is 11.8. The van der Waals surface area contributed by atoms with Crippen molar-refractivity contribution < 1.29 is 14.3 Å². The van der Waals surface area contributed by atoms with Crippen molar-refractivity contribution in [3.63, 3.8) is 0 Å². The van der Waals surface area contributed by atoms with Gasteiger partial charge in [0.25, 0.3) is 5.91 Å². The molecule has 126 valence electrons. The highest BCUT2D eigenvalue weighted by molar-refractivity contribution is 6.32. The fraction of sp³-hybridized carbons (Fsp3) is 0.0556. The van der Waals surface area contributed by atoms with Crippen molar-refractivity contribution in [3.05, 3.63) is 69.7 Å². The lowest BCUT2D eigenvalue weighted by atomic mass is 10.2. The van der Waals surface area contributed by atoms with Crippen molar-refractivity contribution in [2.45, 2.75) is 0 Å². The number of ether oxygens (including phenoxy) is 1. The third-order valence-electron chi connectivity index (χ3n) is 3.03. The number of carbonyl (C=O) groups is 2. The molecule has 2 aromatic rings. The van der Waals surface area contributed by atoms with Gasteiger partial charge in [-0.05, 0) is 35.9 Å². The number of halogens is 2. The maximum absolute atomic E-state index is 11.8. The first-order valence-electron chi connectivity index (χ1n) is 7.08. The SMILES string of the molecule is N#Cc1ccc(Cl)cc1NC(=O)COC(=O)/C=C/c1ccccc1Cl. The maximum atomic E-state index is 11.8. The van der Waals surface area contributed by atoms with Crippen molar-refractivity contribution in [2.24, 2.45) is 0 Å². The van der Waals surface area contributed by atoms with Gasteiger partial charge in [-0.25, -0.2) is 4.79 Å². The third kappa shape index (κ3) is 5.64. The molecule has 0 aliphatic rings. The quantitative estimate of drug-likeness (QED) is 0.631. The molecule has 2 aromatic carbocycles. The smallest absolute Gasteiger partial charge is 0.331 e. The molecule has 0 heterocycles. The number of nitrogens with zero attached hydrogens (tertiary/aromatic N) is 1. The molecule has 0 radical (unpaired) electrons. The van der Waals surface area contributed by atoms with E-state index >= 15 is 0 Å². The number of hydrogen-bond donors (Lipinski definition) is 1. The molecule has 1 N–H and O–H groups in total. The van der Waals surface area contributed by atoms with E-state index in [9.17, 15) is 9.59 Å². The Kier molecular flexibility index (Phi) is 6.58. The Morgan fingerprint density at radius 1 is 1.20 bits per heavy atom. The van der Waals surface area contributed by atoms with Crippen LogP contribution in [0.4, 0.5) is 5.69 Å². The summed E-state index contributed by atoms with van der Waals surface area (Å²) in [4.78, 5) is 23.5. The van der Waals surface area contributed by atoms with Crippen molar-refractivity contribution in [1.82, 2.24) is 0 Å². The summed E-state index contributed by atoms with van der Waals surface area (Å²) in [6.45, 7) is -0.497. The van der Waals surface area contributed by atoms with Crippen molar-refractivity contribution in [3.8, 4) is 6.07 Å². The normalized spacial score (nSPS) is 10.3. The molecule has 5 nitrogen and oxygen atoms in total. The molecular weight excluding hydrogens is 363 g/mol. The van der Waals surface area contributed by atoms with Gasteiger partial charge in [-0.2, -0.15) is 5.26 Å². The van der Waals surface area contributed by atoms with Crippen molar-refractivity contribution in [2.75, 3.05) is 11.9 Å². The molecule has 0 saturated heterocycles. The van der Waals surface area contributed by atoms with Gasteiger partial charge in [-0.15, -0.1) is 0 Å². The zero-order valence-corrected chi connectivity index (χ0v) is 14.3. The lowest BCUT2D eigenvalue weighted by Gasteiger charge is -2.07. The van der Waals surface area contributed by atoms with Crippen LogP contribution in [0.2, 0.25) is 10.0 Å². The number of hydrogen-bond acceptors (Lipinski definition) is 4. The van der Waals surface area contributed by atoms with Gasteiger partial charge in [0.1, 0.15) is 6.07 Å². The van der Waals surface area contributed by atoms with E-state index in [0.29, 0.717) is 15.6 Å². The number of amides is 1. The maximum Gasteiger partial charge on any atom is 0.331 e. The molecule has 2 rings (SSSR count). The van der Waals surface area contributed by atoms with Crippen LogP contribution < -0.4 is 5.32 Å². The van der Waals surface area contributed by atoms with Gasteiger partial charge in [0, 0.05) is 16.1 Å². The zero-order chi connectivity index (χ0) is 18.2. The monoisotopic (exact) mass is 374 g/mol. The number of benzene rings is 2. The van der Waals surface area contributed by atoms with Crippen LogP contribution in [0.25, 0.3) is 6.08 Å². The fourth-order valence-electron chi connectivity index (χ4n) is 1.86. The van der Waals surface area contributed by atoms with Crippen molar-refractivity contribution in [1.29, 1.82) is 5.26 Å². The summed E-state index contributed by atoms with van der Waals surface area (Å²) in [5.74, 6) is -1.28. The number of anilines is 1. The summed E-state index contributed by atoms with van der Waals surface area (Å²) in [5.41, 5.74) is 1.16. The molecule has 0 aliphatic heterocycles. The Balaban J connectivity index is 1.90. The molecule has 1 amide bonds. The van der Waals surface area contributed by atoms with Gasteiger partial charge in [0.15, 0.2) is 6.61 Å². The summed E-state index contributed by atoms with van der Waals surface area (Å²) in [5, 5.41) is 12.3. The summed E-state index contributed by atoms with van der Waals surface area (Å²) < 4.78 is 4.84. The van der Waals surface area contributed by atoms with E-state index < -0.39 is 18.5 Å². The van der Waals surface area contributed by atoms with E-state index in [1.165, 1.54) is 30.4 Å².